The molecular weight excluding hydrogens is 222 g/mol. The van der Waals surface area contributed by atoms with Crippen molar-refractivity contribution in [2.24, 2.45) is 10.9 Å². The van der Waals surface area contributed by atoms with Crippen LogP contribution in [0, 0.1) is 0 Å². The molecule has 0 atom stereocenters. The summed E-state index contributed by atoms with van der Waals surface area (Å²) in [6.07, 6.45) is 3.04. The maximum absolute atomic E-state index is 8.48. The predicted molar refractivity (Wildman–Crippen MR) is 59.8 cm³/mol. The van der Waals surface area contributed by atoms with Crippen LogP contribution < -0.4 is 10.5 Å². The van der Waals surface area contributed by atoms with Gasteiger partial charge in [0.1, 0.15) is 12.4 Å². The lowest BCUT2D eigenvalue weighted by Crippen LogP contribution is -2.13. The molecule has 0 aliphatic rings. The molecule has 3 N–H and O–H groups in total. The SMILES string of the molecule is N/C(=N\O)c1ccc(OCc2ccco2)nc1. The van der Waals surface area contributed by atoms with Gasteiger partial charge in [-0.1, -0.05) is 5.16 Å². The van der Waals surface area contributed by atoms with Crippen molar-refractivity contribution in [3.8, 4) is 5.88 Å². The van der Waals surface area contributed by atoms with E-state index in [1.165, 1.54) is 6.20 Å². The summed E-state index contributed by atoms with van der Waals surface area (Å²) in [5.74, 6) is 1.17. The Morgan fingerprint density at radius 1 is 1.47 bits per heavy atom. The molecule has 0 saturated heterocycles. The predicted octanol–water partition coefficient (Wildman–Crippen LogP) is 1.35. The third kappa shape index (κ3) is 2.75. The molecule has 0 spiro atoms. The molecule has 88 valence electrons. The Hall–Kier alpha value is -2.50. The monoisotopic (exact) mass is 233 g/mol. The topological polar surface area (TPSA) is 93.9 Å². The molecule has 0 bridgehead atoms. The normalized spacial score (nSPS) is 11.4. The van der Waals surface area contributed by atoms with Crippen LogP contribution in [0.15, 0.2) is 46.3 Å². The molecule has 0 unspecified atom stereocenters. The first kappa shape index (κ1) is 11.0. The highest BCUT2D eigenvalue weighted by Crippen LogP contribution is 2.10. The lowest BCUT2D eigenvalue weighted by molar-refractivity contribution is 0.260. The van der Waals surface area contributed by atoms with Gasteiger partial charge in [-0.2, -0.15) is 0 Å². The summed E-state index contributed by atoms with van der Waals surface area (Å²) in [4.78, 5) is 4.01. The van der Waals surface area contributed by atoms with Gasteiger partial charge in [0.2, 0.25) is 5.88 Å². The van der Waals surface area contributed by atoms with Crippen LogP contribution in [0.4, 0.5) is 0 Å². The summed E-state index contributed by atoms with van der Waals surface area (Å²) in [7, 11) is 0. The standard InChI is InChI=1S/C11H11N3O3/c12-11(14-15)8-3-4-10(13-6-8)17-7-9-2-1-5-16-9/h1-6,15H,7H2,(H2,12,14). The van der Waals surface area contributed by atoms with Crippen LogP contribution >= 0.6 is 0 Å². The molecule has 0 aliphatic heterocycles. The molecule has 17 heavy (non-hydrogen) atoms. The molecule has 2 rings (SSSR count). The molecule has 0 aliphatic carbocycles. The highest BCUT2D eigenvalue weighted by Gasteiger charge is 2.02. The number of aromatic nitrogens is 1. The van der Waals surface area contributed by atoms with Crippen LogP contribution in [0.25, 0.3) is 0 Å². The van der Waals surface area contributed by atoms with Gasteiger partial charge in [0, 0.05) is 17.8 Å². The summed E-state index contributed by atoms with van der Waals surface area (Å²) in [6.45, 7) is 0.308. The van der Waals surface area contributed by atoms with Crippen LogP contribution in [0.5, 0.6) is 5.88 Å². The van der Waals surface area contributed by atoms with E-state index in [1.54, 1.807) is 24.5 Å². The fourth-order valence-electron chi connectivity index (χ4n) is 1.21. The van der Waals surface area contributed by atoms with Gasteiger partial charge in [-0.15, -0.1) is 0 Å². The van der Waals surface area contributed by atoms with Crippen LogP contribution in [0.3, 0.4) is 0 Å². The third-order valence-electron chi connectivity index (χ3n) is 2.08. The summed E-state index contributed by atoms with van der Waals surface area (Å²) in [6, 6.07) is 6.88. The highest BCUT2D eigenvalue weighted by molar-refractivity contribution is 5.96. The number of nitrogens with zero attached hydrogens (tertiary/aromatic N) is 2. The molecule has 0 amide bonds. The zero-order valence-electron chi connectivity index (χ0n) is 8.91. The van der Waals surface area contributed by atoms with Crippen molar-refractivity contribution in [2.75, 3.05) is 0 Å². The Kier molecular flexibility index (Phi) is 3.25. The molecule has 6 heteroatoms. The molecule has 0 fully saturated rings. The second kappa shape index (κ2) is 5.02. The zero-order chi connectivity index (χ0) is 12.1. The summed E-state index contributed by atoms with van der Waals surface area (Å²) in [5.41, 5.74) is 5.93. The largest absolute Gasteiger partial charge is 0.469 e. The average Bonchev–Trinajstić information content (AvgIpc) is 2.89. The Morgan fingerprint density at radius 2 is 2.35 bits per heavy atom. The van der Waals surface area contributed by atoms with Gasteiger partial charge in [0.15, 0.2) is 5.84 Å². The van der Waals surface area contributed by atoms with Crippen LogP contribution in [-0.2, 0) is 6.61 Å². The number of oxime groups is 1. The van der Waals surface area contributed by atoms with Crippen LogP contribution in [-0.4, -0.2) is 16.0 Å². The zero-order valence-corrected chi connectivity index (χ0v) is 8.91. The van der Waals surface area contributed by atoms with Gasteiger partial charge >= 0.3 is 0 Å². The Labute approximate surface area is 97.3 Å². The van der Waals surface area contributed by atoms with Gasteiger partial charge in [0.05, 0.1) is 6.26 Å². The molecule has 2 aromatic rings. The van der Waals surface area contributed by atoms with E-state index in [1.807, 2.05) is 6.07 Å². The maximum atomic E-state index is 8.48. The van der Waals surface area contributed by atoms with E-state index in [2.05, 4.69) is 10.1 Å². The average molecular weight is 233 g/mol. The van der Waals surface area contributed by atoms with Crippen LogP contribution in [0.2, 0.25) is 0 Å². The fourth-order valence-corrected chi connectivity index (χ4v) is 1.21. The Bertz CT molecular complexity index is 491. The molecule has 0 aromatic carbocycles. The van der Waals surface area contributed by atoms with Gasteiger partial charge < -0.3 is 20.1 Å². The van der Waals surface area contributed by atoms with Crippen molar-refractivity contribution < 1.29 is 14.4 Å². The van der Waals surface area contributed by atoms with Crippen molar-refractivity contribution in [1.29, 1.82) is 0 Å². The molecular formula is C11H11N3O3. The molecule has 2 heterocycles. The number of ether oxygens (including phenoxy) is 1. The molecule has 0 saturated carbocycles. The van der Waals surface area contributed by atoms with E-state index in [0.29, 0.717) is 23.8 Å². The van der Waals surface area contributed by atoms with Crippen molar-refractivity contribution >= 4 is 5.84 Å². The van der Waals surface area contributed by atoms with Crippen molar-refractivity contribution in [3.05, 3.63) is 48.0 Å². The van der Waals surface area contributed by atoms with E-state index in [4.69, 9.17) is 20.1 Å². The number of nitrogens with two attached hydrogens (primary N) is 1. The highest BCUT2D eigenvalue weighted by atomic mass is 16.5. The number of hydrogen-bond acceptors (Lipinski definition) is 5. The van der Waals surface area contributed by atoms with Gasteiger partial charge in [0.25, 0.3) is 0 Å². The number of furan rings is 1. The van der Waals surface area contributed by atoms with Crippen molar-refractivity contribution in [2.45, 2.75) is 6.61 Å². The van der Waals surface area contributed by atoms with E-state index < -0.39 is 0 Å². The lowest BCUT2D eigenvalue weighted by atomic mass is 10.3. The Balaban J connectivity index is 1.99. The van der Waals surface area contributed by atoms with Crippen molar-refractivity contribution in [3.63, 3.8) is 0 Å². The first-order valence-electron chi connectivity index (χ1n) is 4.88. The van der Waals surface area contributed by atoms with Crippen molar-refractivity contribution in [1.82, 2.24) is 4.98 Å². The second-order valence-electron chi connectivity index (χ2n) is 3.24. The number of hydrogen-bond donors (Lipinski definition) is 2. The van der Waals surface area contributed by atoms with E-state index in [-0.39, 0.29) is 5.84 Å². The lowest BCUT2D eigenvalue weighted by Gasteiger charge is -2.03. The minimum Gasteiger partial charge on any atom is -0.469 e. The first-order valence-corrected chi connectivity index (χ1v) is 4.88. The smallest absolute Gasteiger partial charge is 0.213 e. The fraction of sp³-hybridized carbons (Fsp3) is 0.0909. The number of pyridine rings is 1. The first-order chi connectivity index (χ1) is 8.29. The second-order valence-corrected chi connectivity index (χ2v) is 3.24. The maximum Gasteiger partial charge on any atom is 0.213 e. The minimum atomic E-state index is 0.00934. The van der Waals surface area contributed by atoms with Gasteiger partial charge in [-0.05, 0) is 18.2 Å². The van der Waals surface area contributed by atoms with Gasteiger partial charge in [-0.25, -0.2) is 4.98 Å². The van der Waals surface area contributed by atoms with E-state index in [9.17, 15) is 0 Å². The Morgan fingerprint density at radius 3 is 2.94 bits per heavy atom. The quantitative estimate of drug-likeness (QED) is 0.360. The molecule has 0 radical (unpaired) electrons. The van der Waals surface area contributed by atoms with E-state index in [0.717, 1.165) is 0 Å². The minimum absolute atomic E-state index is 0.00934. The number of rotatable bonds is 4. The van der Waals surface area contributed by atoms with Crippen LogP contribution in [0.1, 0.15) is 11.3 Å². The molecule has 2 aromatic heterocycles. The molecule has 6 nitrogen and oxygen atoms in total. The summed E-state index contributed by atoms with van der Waals surface area (Å²) < 4.78 is 10.5. The summed E-state index contributed by atoms with van der Waals surface area (Å²) in [5, 5.41) is 11.4. The number of amidine groups is 1. The summed E-state index contributed by atoms with van der Waals surface area (Å²) >= 11 is 0. The van der Waals surface area contributed by atoms with Gasteiger partial charge in [-0.3, -0.25) is 0 Å². The van der Waals surface area contributed by atoms with E-state index >= 15 is 0 Å². The third-order valence-corrected chi connectivity index (χ3v) is 2.08.